The number of amides is 1. The van der Waals surface area contributed by atoms with Gasteiger partial charge in [-0.2, -0.15) is 0 Å². The summed E-state index contributed by atoms with van der Waals surface area (Å²) in [7, 11) is 0. The summed E-state index contributed by atoms with van der Waals surface area (Å²) in [6, 6.07) is 0.462. The predicted octanol–water partition coefficient (Wildman–Crippen LogP) is -0.0827. The zero-order valence-corrected chi connectivity index (χ0v) is 9.35. The monoisotopic (exact) mass is 226 g/mol. The molecule has 5 nitrogen and oxygen atoms in total. The maximum absolute atomic E-state index is 12.1. The highest BCUT2D eigenvalue weighted by atomic mass is 16.7. The molecule has 0 bridgehead atoms. The molecular formula is C11H18N2O3. The number of carbonyl (C=O) groups excluding carboxylic acids is 1. The summed E-state index contributed by atoms with van der Waals surface area (Å²) in [5.74, 6) is 0.149. The Morgan fingerprint density at radius 2 is 2.31 bits per heavy atom. The summed E-state index contributed by atoms with van der Waals surface area (Å²) in [4.78, 5) is 17.4. The molecule has 1 amide bonds. The van der Waals surface area contributed by atoms with E-state index in [-0.39, 0.29) is 17.9 Å². The Labute approximate surface area is 95.0 Å². The molecule has 3 rings (SSSR count). The molecule has 0 aromatic rings. The van der Waals surface area contributed by atoms with Gasteiger partial charge in [0.05, 0.1) is 25.2 Å². The average Bonchev–Trinajstić information content (AvgIpc) is 2.98. The van der Waals surface area contributed by atoms with Crippen molar-refractivity contribution in [1.82, 2.24) is 10.4 Å². The van der Waals surface area contributed by atoms with Crippen molar-refractivity contribution < 1.29 is 14.4 Å². The van der Waals surface area contributed by atoms with Gasteiger partial charge in [0.2, 0.25) is 0 Å². The van der Waals surface area contributed by atoms with Crippen LogP contribution in [-0.2, 0) is 14.4 Å². The second kappa shape index (κ2) is 4.31. The van der Waals surface area contributed by atoms with Gasteiger partial charge in [-0.05, 0) is 19.3 Å². The van der Waals surface area contributed by atoms with Gasteiger partial charge in [0.1, 0.15) is 0 Å². The van der Waals surface area contributed by atoms with Gasteiger partial charge in [-0.3, -0.25) is 9.63 Å². The van der Waals surface area contributed by atoms with Gasteiger partial charge in [0.15, 0.2) is 0 Å². The van der Waals surface area contributed by atoms with Crippen LogP contribution < -0.4 is 5.32 Å². The highest BCUT2D eigenvalue weighted by Crippen LogP contribution is 2.26. The van der Waals surface area contributed by atoms with Crippen molar-refractivity contribution in [2.45, 2.75) is 31.4 Å². The third-order valence-corrected chi connectivity index (χ3v) is 3.70. The van der Waals surface area contributed by atoms with Crippen LogP contribution in [0.5, 0.6) is 0 Å². The number of piperidine rings is 1. The summed E-state index contributed by atoms with van der Waals surface area (Å²) in [6.07, 6.45) is 3.10. The van der Waals surface area contributed by atoms with Crippen molar-refractivity contribution in [3.8, 4) is 0 Å². The van der Waals surface area contributed by atoms with Gasteiger partial charge in [-0.1, -0.05) is 0 Å². The van der Waals surface area contributed by atoms with E-state index < -0.39 is 0 Å². The van der Waals surface area contributed by atoms with Gasteiger partial charge in [0, 0.05) is 19.2 Å². The zero-order valence-electron chi connectivity index (χ0n) is 9.35. The van der Waals surface area contributed by atoms with Crippen LogP contribution in [0, 0.1) is 5.92 Å². The lowest BCUT2D eigenvalue weighted by Gasteiger charge is -2.32. The van der Waals surface area contributed by atoms with Crippen LogP contribution >= 0.6 is 0 Å². The summed E-state index contributed by atoms with van der Waals surface area (Å²) in [5, 5.41) is 4.94. The number of hydroxylamine groups is 2. The predicted molar refractivity (Wildman–Crippen MR) is 56.5 cm³/mol. The molecule has 3 aliphatic heterocycles. The molecule has 0 aliphatic carbocycles. The first kappa shape index (κ1) is 10.5. The largest absolute Gasteiger partial charge is 0.377 e. The Bertz CT molecular complexity index is 278. The Morgan fingerprint density at radius 3 is 3.12 bits per heavy atom. The standard InChI is InChI=1S/C11H18N2O3/c14-11(13-3-1-4-16-13)8-6-10-9(12-7-8)2-5-15-10/h8-10,12H,1-7H2/t8-,9+,10+/m0/s1. The first-order chi connectivity index (χ1) is 7.84. The second-order valence-corrected chi connectivity index (χ2v) is 4.77. The lowest BCUT2D eigenvalue weighted by atomic mass is 9.91. The van der Waals surface area contributed by atoms with E-state index in [0.29, 0.717) is 12.6 Å². The van der Waals surface area contributed by atoms with E-state index in [0.717, 1.165) is 39.0 Å². The lowest BCUT2D eigenvalue weighted by Crippen LogP contribution is -2.50. The van der Waals surface area contributed by atoms with Crippen LogP contribution in [0.3, 0.4) is 0 Å². The normalized spacial score (nSPS) is 38.8. The van der Waals surface area contributed by atoms with Crippen molar-refractivity contribution >= 4 is 5.91 Å². The van der Waals surface area contributed by atoms with Gasteiger partial charge in [0.25, 0.3) is 5.91 Å². The number of nitrogens with one attached hydrogen (secondary N) is 1. The van der Waals surface area contributed by atoms with Crippen LogP contribution in [0.15, 0.2) is 0 Å². The first-order valence-electron chi connectivity index (χ1n) is 6.14. The average molecular weight is 226 g/mol. The van der Waals surface area contributed by atoms with E-state index in [2.05, 4.69) is 5.32 Å². The van der Waals surface area contributed by atoms with Gasteiger partial charge >= 0.3 is 0 Å². The van der Waals surface area contributed by atoms with E-state index >= 15 is 0 Å². The van der Waals surface area contributed by atoms with Crippen molar-refractivity contribution in [1.29, 1.82) is 0 Å². The SMILES string of the molecule is O=C([C@@H]1CN[C@@H]2CCO[C@@H]2C1)N1CCCO1. The minimum atomic E-state index is 0.0254. The Kier molecular flexibility index (Phi) is 2.83. The molecule has 16 heavy (non-hydrogen) atoms. The number of ether oxygens (including phenoxy) is 1. The van der Waals surface area contributed by atoms with E-state index in [1.165, 1.54) is 5.06 Å². The Balaban J connectivity index is 1.60. The van der Waals surface area contributed by atoms with Crippen LogP contribution in [0.1, 0.15) is 19.3 Å². The van der Waals surface area contributed by atoms with Gasteiger partial charge in [-0.25, -0.2) is 5.06 Å². The molecule has 0 unspecified atom stereocenters. The van der Waals surface area contributed by atoms with E-state index in [4.69, 9.17) is 9.57 Å². The molecule has 3 saturated heterocycles. The fraction of sp³-hybridized carbons (Fsp3) is 0.909. The third kappa shape index (κ3) is 1.83. The lowest BCUT2D eigenvalue weighted by molar-refractivity contribution is -0.175. The van der Waals surface area contributed by atoms with Crippen LogP contribution in [0.4, 0.5) is 0 Å². The van der Waals surface area contributed by atoms with E-state index in [1.807, 2.05) is 0 Å². The second-order valence-electron chi connectivity index (χ2n) is 4.77. The Hall–Kier alpha value is -0.650. The van der Waals surface area contributed by atoms with E-state index in [1.54, 1.807) is 0 Å². The van der Waals surface area contributed by atoms with Crippen LogP contribution in [0.25, 0.3) is 0 Å². The minimum Gasteiger partial charge on any atom is -0.377 e. The molecule has 5 heteroatoms. The fourth-order valence-corrected chi connectivity index (χ4v) is 2.78. The highest BCUT2D eigenvalue weighted by molar-refractivity contribution is 5.78. The minimum absolute atomic E-state index is 0.0254. The molecule has 3 heterocycles. The van der Waals surface area contributed by atoms with E-state index in [9.17, 15) is 4.79 Å². The number of carbonyl (C=O) groups is 1. The third-order valence-electron chi connectivity index (χ3n) is 3.70. The summed E-state index contributed by atoms with van der Waals surface area (Å²) in [5.41, 5.74) is 0. The molecule has 1 N–H and O–H groups in total. The molecule has 3 atom stereocenters. The van der Waals surface area contributed by atoms with Crippen molar-refractivity contribution in [2.75, 3.05) is 26.3 Å². The summed E-state index contributed by atoms with van der Waals surface area (Å²) in [6.45, 7) is 3.01. The molecular weight excluding hydrogens is 208 g/mol. The van der Waals surface area contributed by atoms with Crippen LogP contribution in [0.2, 0.25) is 0 Å². The molecule has 3 aliphatic rings. The number of nitrogens with zero attached hydrogens (tertiary/aromatic N) is 1. The van der Waals surface area contributed by atoms with Gasteiger partial charge in [-0.15, -0.1) is 0 Å². The molecule has 0 radical (unpaired) electrons. The number of fused-ring (bicyclic) bond motifs is 1. The molecule has 0 aromatic heterocycles. The molecule has 90 valence electrons. The van der Waals surface area contributed by atoms with Crippen LogP contribution in [-0.4, -0.2) is 49.4 Å². The molecule has 3 fully saturated rings. The molecule has 0 spiro atoms. The molecule has 0 saturated carbocycles. The topological polar surface area (TPSA) is 50.8 Å². The van der Waals surface area contributed by atoms with Crippen molar-refractivity contribution in [2.24, 2.45) is 5.92 Å². The fourth-order valence-electron chi connectivity index (χ4n) is 2.78. The Morgan fingerprint density at radius 1 is 1.38 bits per heavy atom. The number of hydrogen-bond acceptors (Lipinski definition) is 4. The molecule has 0 aromatic carbocycles. The number of hydrogen-bond donors (Lipinski definition) is 1. The van der Waals surface area contributed by atoms with Crippen molar-refractivity contribution in [3.05, 3.63) is 0 Å². The highest BCUT2D eigenvalue weighted by Gasteiger charge is 2.39. The zero-order chi connectivity index (χ0) is 11.0. The first-order valence-corrected chi connectivity index (χ1v) is 6.14. The maximum atomic E-state index is 12.1. The summed E-state index contributed by atoms with van der Waals surface area (Å²) < 4.78 is 5.63. The number of rotatable bonds is 1. The van der Waals surface area contributed by atoms with Gasteiger partial charge < -0.3 is 10.1 Å². The quantitative estimate of drug-likeness (QED) is 0.679. The maximum Gasteiger partial charge on any atom is 0.250 e. The smallest absolute Gasteiger partial charge is 0.250 e. The summed E-state index contributed by atoms with van der Waals surface area (Å²) >= 11 is 0. The van der Waals surface area contributed by atoms with Crippen molar-refractivity contribution in [3.63, 3.8) is 0 Å².